The Bertz CT molecular complexity index is 477. The second-order valence-corrected chi connectivity index (χ2v) is 4.47. The maximum atomic E-state index is 11.9. The van der Waals surface area contributed by atoms with Crippen molar-refractivity contribution in [2.24, 2.45) is 0 Å². The molecule has 7 nitrogen and oxygen atoms in total. The minimum atomic E-state index is -1.02. The number of methoxy groups -OCH3 is 2. The van der Waals surface area contributed by atoms with Gasteiger partial charge in [0.2, 0.25) is 0 Å². The SMILES string of the molecule is C=C(C#CC(=O)OC)N(C(=O)OC)C(=O)OC(C)(C)C. The van der Waals surface area contributed by atoms with Gasteiger partial charge in [0.05, 0.1) is 14.2 Å². The monoisotopic (exact) mass is 283 g/mol. The van der Waals surface area contributed by atoms with Crippen LogP contribution in [0, 0.1) is 11.8 Å². The molecule has 0 aliphatic heterocycles. The molecule has 0 bridgehead atoms. The summed E-state index contributed by atoms with van der Waals surface area (Å²) in [5, 5.41) is 0. The van der Waals surface area contributed by atoms with Gasteiger partial charge in [0.25, 0.3) is 0 Å². The van der Waals surface area contributed by atoms with Gasteiger partial charge in [0, 0.05) is 5.92 Å². The molecule has 2 amide bonds. The molecule has 0 saturated carbocycles. The van der Waals surface area contributed by atoms with E-state index in [9.17, 15) is 14.4 Å². The van der Waals surface area contributed by atoms with Crippen LogP contribution in [0.25, 0.3) is 0 Å². The van der Waals surface area contributed by atoms with E-state index in [1.807, 2.05) is 5.92 Å². The Morgan fingerprint density at radius 2 is 1.55 bits per heavy atom. The zero-order chi connectivity index (χ0) is 15.9. The molecule has 20 heavy (non-hydrogen) atoms. The molecule has 0 spiro atoms. The summed E-state index contributed by atoms with van der Waals surface area (Å²) < 4.78 is 13.8. The van der Waals surface area contributed by atoms with Gasteiger partial charge in [-0.15, -0.1) is 0 Å². The molecule has 110 valence electrons. The van der Waals surface area contributed by atoms with E-state index in [-0.39, 0.29) is 5.70 Å². The van der Waals surface area contributed by atoms with Crippen molar-refractivity contribution in [3.8, 4) is 11.8 Å². The number of ether oxygens (including phenoxy) is 3. The van der Waals surface area contributed by atoms with Crippen LogP contribution in [0.2, 0.25) is 0 Å². The summed E-state index contributed by atoms with van der Waals surface area (Å²) in [7, 11) is 2.23. The molecule has 0 aromatic heterocycles. The number of allylic oxidation sites excluding steroid dienone is 1. The molecule has 0 aromatic rings. The number of amides is 2. The molecular formula is C13H17NO6. The van der Waals surface area contributed by atoms with Crippen molar-refractivity contribution in [1.82, 2.24) is 4.90 Å². The molecule has 0 aliphatic rings. The van der Waals surface area contributed by atoms with Gasteiger partial charge < -0.3 is 14.2 Å². The number of hydrogen-bond donors (Lipinski definition) is 0. The van der Waals surface area contributed by atoms with E-state index in [4.69, 9.17) is 4.74 Å². The molecule has 0 radical (unpaired) electrons. The van der Waals surface area contributed by atoms with Crippen LogP contribution in [0.3, 0.4) is 0 Å². The molecule has 7 heteroatoms. The first-order valence-electron chi connectivity index (χ1n) is 5.52. The highest BCUT2D eigenvalue weighted by atomic mass is 16.6. The van der Waals surface area contributed by atoms with Crippen LogP contribution in [-0.4, -0.2) is 42.9 Å². The molecule has 0 N–H and O–H groups in total. The fourth-order valence-electron chi connectivity index (χ4n) is 0.924. The first kappa shape index (κ1) is 17.5. The third kappa shape index (κ3) is 5.91. The second kappa shape index (κ2) is 7.19. The zero-order valence-electron chi connectivity index (χ0n) is 12.1. The fourth-order valence-corrected chi connectivity index (χ4v) is 0.924. The minimum absolute atomic E-state index is 0.267. The second-order valence-electron chi connectivity index (χ2n) is 4.47. The van der Waals surface area contributed by atoms with Crippen molar-refractivity contribution in [2.75, 3.05) is 14.2 Å². The summed E-state index contributed by atoms with van der Waals surface area (Å²) in [6.45, 7) is 8.31. The van der Waals surface area contributed by atoms with E-state index in [1.165, 1.54) is 0 Å². The molecule has 0 unspecified atom stereocenters. The van der Waals surface area contributed by atoms with Gasteiger partial charge in [-0.3, -0.25) is 0 Å². The topological polar surface area (TPSA) is 82.1 Å². The van der Waals surface area contributed by atoms with E-state index in [0.717, 1.165) is 14.2 Å². The standard InChI is InChI=1S/C13H17NO6/c1-9(7-8-10(15)18-5)14(11(16)19-6)12(17)20-13(2,3)4/h1H2,2-6H3. The summed E-state index contributed by atoms with van der Waals surface area (Å²) in [5.74, 6) is 3.43. The number of imide groups is 1. The highest BCUT2D eigenvalue weighted by Gasteiger charge is 2.29. The Morgan fingerprint density at radius 1 is 1.00 bits per heavy atom. The average Bonchev–Trinajstić information content (AvgIpc) is 2.33. The lowest BCUT2D eigenvalue weighted by atomic mass is 10.2. The van der Waals surface area contributed by atoms with Crippen LogP contribution in [0.15, 0.2) is 12.3 Å². The van der Waals surface area contributed by atoms with E-state index in [2.05, 4.69) is 22.0 Å². The number of nitrogens with zero attached hydrogens (tertiary/aromatic N) is 1. The van der Waals surface area contributed by atoms with E-state index in [1.54, 1.807) is 20.8 Å². The van der Waals surface area contributed by atoms with Crippen LogP contribution in [0.1, 0.15) is 20.8 Å². The Hall–Kier alpha value is -2.49. The van der Waals surface area contributed by atoms with Crippen LogP contribution in [0.4, 0.5) is 9.59 Å². The summed E-state index contributed by atoms with van der Waals surface area (Å²) in [6.07, 6.45) is -2.03. The summed E-state index contributed by atoms with van der Waals surface area (Å²) in [4.78, 5) is 34.8. The average molecular weight is 283 g/mol. The largest absolute Gasteiger partial charge is 0.459 e. The lowest BCUT2D eigenvalue weighted by Gasteiger charge is -2.24. The fraction of sp³-hybridized carbons (Fsp3) is 0.462. The first-order chi connectivity index (χ1) is 9.12. The van der Waals surface area contributed by atoms with Gasteiger partial charge in [-0.1, -0.05) is 6.58 Å². The molecule has 0 atom stereocenters. The molecule has 0 aliphatic carbocycles. The normalized spacial score (nSPS) is 9.65. The number of hydrogen-bond acceptors (Lipinski definition) is 6. The smallest absolute Gasteiger partial charge is 0.425 e. The molecule has 0 heterocycles. The summed E-state index contributed by atoms with van der Waals surface area (Å²) >= 11 is 0. The molecule has 0 rings (SSSR count). The van der Waals surface area contributed by atoms with E-state index >= 15 is 0 Å². The Labute approximate surface area is 117 Å². The highest BCUT2D eigenvalue weighted by Crippen LogP contribution is 2.13. The van der Waals surface area contributed by atoms with Gasteiger partial charge in [-0.05, 0) is 26.7 Å². The van der Waals surface area contributed by atoms with Crippen molar-refractivity contribution in [3.63, 3.8) is 0 Å². The third-order valence-corrected chi connectivity index (χ3v) is 1.70. The van der Waals surface area contributed by atoms with E-state index < -0.39 is 23.8 Å². The summed E-state index contributed by atoms with van der Waals surface area (Å²) in [6, 6.07) is 0. The van der Waals surface area contributed by atoms with Crippen molar-refractivity contribution in [1.29, 1.82) is 0 Å². The summed E-state index contributed by atoms with van der Waals surface area (Å²) in [5.41, 5.74) is -1.09. The zero-order valence-corrected chi connectivity index (χ0v) is 12.1. The van der Waals surface area contributed by atoms with Gasteiger partial charge in [-0.25, -0.2) is 14.4 Å². The maximum absolute atomic E-state index is 11.9. The maximum Gasteiger partial charge on any atom is 0.425 e. The molecular weight excluding hydrogens is 266 g/mol. The predicted octanol–water partition coefficient (Wildman–Crippen LogP) is 1.68. The molecule has 0 aromatic carbocycles. The van der Waals surface area contributed by atoms with Crippen LogP contribution in [0.5, 0.6) is 0 Å². The lowest BCUT2D eigenvalue weighted by Crippen LogP contribution is -2.39. The number of carbonyl (C=O) groups excluding carboxylic acids is 3. The van der Waals surface area contributed by atoms with Crippen LogP contribution >= 0.6 is 0 Å². The van der Waals surface area contributed by atoms with Gasteiger partial charge in [0.1, 0.15) is 11.3 Å². The van der Waals surface area contributed by atoms with Gasteiger partial charge in [0.15, 0.2) is 0 Å². The third-order valence-electron chi connectivity index (χ3n) is 1.70. The van der Waals surface area contributed by atoms with Crippen molar-refractivity contribution >= 4 is 18.2 Å². The molecule has 0 fully saturated rings. The Balaban J connectivity index is 5.21. The number of esters is 1. The van der Waals surface area contributed by atoms with Gasteiger partial charge in [-0.2, -0.15) is 4.90 Å². The lowest BCUT2D eigenvalue weighted by molar-refractivity contribution is -0.133. The first-order valence-corrected chi connectivity index (χ1v) is 5.52. The van der Waals surface area contributed by atoms with Crippen LogP contribution < -0.4 is 0 Å². The van der Waals surface area contributed by atoms with Crippen LogP contribution in [-0.2, 0) is 19.0 Å². The highest BCUT2D eigenvalue weighted by molar-refractivity contribution is 5.93. The number of carbonyl (C=O) groups is 3. The minimum Gasteiger partial charge on any atom is -0.459 e. The van der Waals surface area contributed by atoms with Crippen molar-refractivity contribution in [3.05, 3.63) is 12.3 Å². The molecule has 0 saturated heterocycles. The predicted molar refractivity (Wildman–Crippen MR) is 69.4 cm³/mol. The number of rotatable bonds is 1. The Morgan fingerprint density at radius 3 is 1.95 bits per heavy atom. The van der Waals surface area contributed by atoms with E-state index in [0.29, 0.717) is 4.90 Å². The van der Waals surface area contributed by atoms with Gasteiger partial charge >= 0.3 is 18.2 Å². The Kier molecular flexibility index (Phi) is 6.29. The van der Waals surface area contributed by atoms with Crippen molar-refractivity contribution < 1.29 is 28.6 Å². The quantitative estimate of drug-likeness (QED) is 0.315. The van der Waals surface area contributed by atoms with Crippen molar-refractivity contribution in [2.45, 2.75) is 26.4 Å².